The number of hydrogen-bond acceptors (Lipinski definition) is 10. The minimum atomic E-state index is -1.61. The van der Waals surface area contributed by atoms with Gasteiger partial charge in [0.2, 0.25) is 0 Å². The van der Waals surface area contributed by atoms with Crippen LogP contribution in [0.3, 0.4) is 0 Å². The lowest BCUT2D eigenvalue weighted by Crippen LogP contribution is -2.68. The Bertz CT molecular complexity index is 1220. The SMILES string of the molecule is CO[C@@H]1[C@H](S)O[C@@H](CO)[C@@H](O)[C@@]1(c1cc(Br)cnc1C#N)n1cc(-n2nc(Cl)cc2C)nn1. The van der Waals surface area contributed by atoms with Crippen LogP contribution >= 0.6 is 40.2 Å². The highest BCUT2D eigenvalue weighted by Gasteiger charge is 2.60. The van der Waals surface area contributed by atoms with Gasteiger partial charge < -0.3 is 19.7 Å². The van der Waals surface area contributed by atoms with E-state index in [-0.39, 0.29) is 16.4 Å². The number of nitrogens with zero attached hydrogens (tertiary/aromatic N) is 7. The number of rotatable bonds is 5. The van der Waals surface area contributed by atoms with Crippen LogP contribution in [0.15, 0.2) is 29.0 Å². The molecule has 1 aliphatic heterocycles. The van der Waals surface area contributed by atoms with E-state index in [1.165, 1.54) is 28.9 Å². The van der Waals surface area contributed by atoms with Gasteiger partial charge in [0.05, 0.1) is 12.8 Å². The van der Waals surface area contributed by atoms with Gasteiger partial charge in [-0.1, -0.05) is 16.8 Å². The summed E-state index contributed by atoms with van der Waals surface area (Å²) >= 11 is 13.9. The summed E-state index contributed by atoms with van der Waals surface area (Å²) in [5.41, 5.74) is -1.50. The summed E-state index contributed by atoms with van der Waals surface area (Å²) in [5.74, 6) is 0.310. The van der Waals surface area contributed by atoms with Crippen molar-refractivity contribution in [3.63, 3.8) is 0 Å². The van der Waals surface area contributed by atoms with Gasteiger partial charge in [-0.2, -0.15) is 10.4 Å². The van der Waals surface area contributed by atoms with E-state index in [1.54, 1.807) is 19.1 Å². The normalized spacial score (nSPS) is 27.5. The largest absolute Gasteiger partial charge is 0.394 e. The number of aryl methyl sites for hydroxylation is 1. The fourth-order valence-corrected chi connectivity index (χ4v) is 5.24. The summed E-state index contributed by atoms with van der Waals surface area (Å²) < 4.78 is 14.8. The maximum Gasteiger partial charge on any atom is 0.195 e. The van der Waals surface area contributed by atoms with E-state index in [4.69, 9.17) is 21.1 Å². The Labute approximate surface area is 207 Å². The molecule has 11 nitrogen and oxygen atoms in total. The lowest BCUT2D eigenvalue weighted by Gasteiger charge is -2.51. The van der Waals surface area contributed by atoms with Crippen molar-refractivity contribution in [1.29, 1.82) is 5.26 Å². The molecule has 3 aromatic heterocycles. The van der Waals surface area contributed by atoms with Crippen molar-refractivity contribution in [2.45, 2.75) is 36.2 Å². The van der Waals surface area contributed by atoms with E-state index >= 15 is 0 Å². The van der Waals surface area contributed by atoms with Crippen LogP contribution in [-0.4, -0.2) is 77.4 Å². The first-order valence-electron chi connectivity index (χ1n) is 9.64. The highest BCUT2D eigenvalue weighted by Crippen LogP contribution is 2.45. The van der Waals surface area contributed by atoms with Gasteiger partial charge in [0.25, 0.3) is 0 Å². The number of aliphatic hydroxyl groups excluding tert-OH is 2. The van der Waals surface area contributed by atoms with Crippen LogP contribution in [0.1, 0.15) is 17.0 Å². The third kappa shape index (κ3) is 3.85. The first-order valence-corrected chi connectivity index (χ1v) is 11.3. The second-order valence-corrected chi connectivity index (χ2v) is 9.19. The topological polar surface area (TPSA) is 144 Å². The van der Waals surface area contributed by atoms with Crippen molar-refractivity contribution in [2.24, 2.45) is 0 Å². The maximum absolute atomic E-state index is 11.6. The van der Waals surface area contributed by atoms with E-state index in [1.807, 2.05) is 0 Å². The second kappa shape index (κ2) is 9.30. The number of aliphatic hydroxyl groups is 2. The van der Waals surface area contributed by atoms with Gasteiger partial charge in [-0.25, -0.2) is 14.3 Å². The molecule has 33 heavy (non-hydrogen) atoms. The molecule has 3 aromatic rings. The zero-order valence-corrected chi connectivity index (χ0v) is 20.6. The average molecular weight is 557 g/mol. The highest BCUT2D eigenvalue weighted by atomic mass is 79.9. The first-order chi connectivity index (χ1) is 15.8. The molecular weight excluding hydrogens is 538 g/mol. The van der Waals surface area contributed by atoms with Gasteiger partial charge in [-0.3, -0.25) is 0 Å². The molecule has 0 amide bonds. The van der Waals surface area contributed by atoms with Crippen molar-refractivity contribution in [2.75, 3.05) is 13.7 Å². The van der Waals surface area contributed by atoms with Gasteiger partial charge in [0.1, 0.15) is 41.0 Å². The molecule has 2 N–H and O–H groups in total. The van der Waals surface area contributed by atoms with Crippen LogP contribution in [0, 0.1) is 18.3 Å². The molecule has 0 spiro atoms. The van der Waals surface area contributed by atoms with Gasteiger partial charge in [-0.15, -0.1) is 17.7 Å². The summed E-state index contributed by atoms with van der Waals surface area (Å²) in [7, 11) is 1.42. The molecule has 0 saturated carbocycles. The fourth-order valence-electron chi connectivity index (χ4n) is 4.17. The zero-order chi connectivity index (χ0) is 23.9. The Morgan fingerprint density at radius 1 is 1.45 bits per heavy atom. The molecule has 0 unspecified atom stereocenters. The monoisotopic (exact) mass is 555 g/mol. The molecule has 1 fully saturated rings. The van der Waals surface area contributed by atoms with Crippen molar-refractivity contribution in [3.8, 4) is 11.9 Å². The Balaban J connectivity index is 2.04. The summed E-state index contributed by atoms with van der Waals surface area (Å²) in [6.45, 7) is 1.28. The molecule has 0 radical (unpaired) electrons. The van der Waals surface area contributed by atoms with Crippen molar-refractivity contribution >= 4 is 40.2 Å². The average Bonchev–Trinajstić information content (AvgIpc) is 3.40. The Morgan fingerprint density at radius 3 is 2.82 bits per heavy atom. The molecule has 14 heteroatoms. The van der Waals surface area contributed by atoms with Crippen molar-refractivity contribution in [3.05, 3.63) is 51.1 Å². The molecule has 5 atom stereocenters. The van der Waals surface area contributed by atoms with Crippen LogP contribution in [0.5, 0.6) is 0 Å². The van der Waals surface area contributed by atoms with Crippen LogP contribution in [0.2, 0.25) is 5.15 Å². The fraction of sp³-hybridized carbons (Fsp3) is 0.421. The second-order valence-electron chi connectivity index (χ2n) is 7.38. The number of halogens is 2. The molecule has 1 aliphatic rings. The number of aromatic nitrogens is 6. The summed E-state index contributed by atoms with van der Waals surface area (Å²) in [5, 5.41) is 44.3. The Kier molecular flexibility index (Phi) is 6.79. The predicted molar refractivity (Wildman–Crippen MR) is 122 cm³/mol. The lowest BCUT2D eigenvalue weighted by atomic mass is 9.75. The molecule has 4 heterocycles. The van der Waals surface area contributed by atoms with E-state index in [2.05, 4.69) is 55.0 Å². The molecule has 0 bridgehead atoms. The van der Waals surface area contributed by atoms with Crippen LogP contribution < -0.4 is 0 Å². The third-order valence-electron chi connectivity index (χ3n) is 5.57. The van der Waals surface area contributed by atoms with E-state index in [0.29, 0.717) is 16.0 Å². The van der Waals surface area contributed by atoms with Crippen LogP contribution in [0.25, 0.3) is 5.82 Å². The molecule has 1 saturated heterocycles. The van der Waals surface area contributed by atoms with Gasteiger partial charge in [0, 0.05) is 29.0 Å². The first kappa shape index (κ1) is 24.1. The summed E-state index contributed by atoms with van der Waals surface area (Å²) in [6.07, 6.45) is -0.478. The molecule has 0 aromatic carbocycles. The van der Waals surface area contributed by atoms with Gasteiger partial charge in [0.15, 0.2) is 11.0 Å². The number of pyridine rings is 1. The maximum atomic E-state index is 11.6. The lowest BCUT2D eigenvalue weighted by molar-refractivity contribution is -0.213. The quantitative estimate of drug-likeness (QED) is 0.395. The van der Waals surface area contributed by atoms with E-state index < -0.39 is 35.9 Å². The van der Waals surface area contributed by atoms with Crippen molar-refractivity contribution in [1.82, 2.24) is 29.8 Å². The Hall–Kier alpha value is -2.05. The molecule has 4 rings (SSSR count). The highest BCUT2D eigenvalue weighted by molar-refractivity contribution is 9.10. The smallest absolute Gasteiger partial charge is 0.195 e. The summed E-state index contributed by atoms with van der Waals surface area (Å²) in [6, 6.07) is 5.35. The van der Waals surface area contributed by atoms with Gasteiger partial charge >= 0.3 is 0 Å². The predicted octanol–water partition coefficient (Wildman–Crippen LogP) is 1.22. The summed E-state index contributed by atoms with van der Waals surface area (Å²) in [4.78, 5) is 4.20. The van der Waals surface area contributed by atoms with Crippen LogP contribution in [-0.2, 0) is 15.0 Å². The molecular formula is C19H19BrClN7O4S. The number of methoxy groups -OCH3 is 1. The number of nitriles is 1. The number of thiol groups is 1. The zero-order valence-electron chi connectivity index (χ0n) is 17.4. The van der Waals surface area contributed by atoms with E-state index in [0.717, 1.165) is 0 Å². The van der Waals surface area contributed by atoms with Crippen LogP contribution in [0.4, 0.5) is 0 Å². The third-order valence-corrected chi connectivity index (χ3v) is 6.58. The standard InChI is InChI=1S/C19H19BrClN7O4S/c1-9-3-14(21)25-28(9)15-7-27(26-24-15)19(11-4-10(20)6-23-12(11)5-22)16(30)13(8-29)32-18(33)17(19)31-2/h3-4,6-7,13,16-18,29-30,33H,8H2,1-2H3/t13-,16+,17+,18-,19+/m0/s1. The van der Waals surface area contributed by atoms with Gasteiger partial charge in [-0.05, 0) is 35.0 Å². The molecule has 174 valence electrons. The molecule has 0 aliphatic carbocycles. The minimum absolute atomic E-state index is 0.0220. The van der Waals surface area contributed by atoms with Crippen molar-refractivity contribution < 1.29 is 19.7 Å². The number of ether oxygens (including phenoxy) is 2. The Morgan fingerprint density at radius 2 is 2.21 bits per heavy atom. The van der Waals surface area contributed by atoms with E-state index in [9.17, 15) is 15.5 Å². The number of hydrogen-bond donors (Lipinski definition) is 3. The minimum Gasteiger partial charge on any atom is -0.394 e.